The third-order valence-electron chi connectivity index (χ3n) is 5.02. The summed E-state index contributed by atoms with van der Waals surface area (Å²) in [4.78, 5) is 48.3. The molecular weight excluding hydrogens is 560 g/mol. The average Bonchev–Trinajstić information content (AvgIpc) is 3.13. The van der Waals surface area contributed by atoms with Gasteiger partial charge in [0.15, 0.2) is 12.0 Å². The molecule has 1 fully saturated rings. The summed E-state index contributed by atoms with van der Waals surface area (Å²) in [7, 11) is -10.6. The normalized spacial score (nSPS) is 22.4. The van der Waals surface area contributed by atoms with Crippen molar-refractivity contribution in [3.05, 3.63) is 58.1 Å². The summed E-state index contributed by atoms with van der Waals surface area (Å²) in [6.45, 7) is -0.792. The maximum Gasteiger partial charge on any atom is 0.481 e. The molecule has 3 rings (SSSR count). The highest BCUT2D eigenvalue weighted by molar-refractivity contribution is 7.60. The van der Waals surface area contributed by atoms with Crippen molar-refractivity contribution >= 4 is 21.5 Å². The van der Waals surface area contributed by atoms with E-state index in [0.717, 1.165) is 15.7 Å². The number of aromatic nitrogens is 2. The predicted octanol–water partition coefficient (Wildman–Crippen LogP) is 0.397. The molecule has 1 saturated heterocycles. The first-order valence-electron chi connectivity index (χ1n) is 11.1. The Bertz CT molecular complexity index is 1410. The van der Waals surface area contributed by atoms with Gasteiger partial charge < -0.3 is 29.6 Å². The lowest BCUT2D eigenvalue weighted by Crippen LogP contribution is -2.36. The Labute approximate surface area is 222 Å². The maximum atomic E-state index is 12.5. The lowest BCUT2D eigenvalue weighted by molar-refractivity contribution is -0.0541. The van der Waals surface area contributed by atoms with Gasteiger partial charge in [-0.05, 0) is 23.8 Å². The van der Waals surface area contributed by atoms with Crippen LogP contribution in [0.5, 0.6) is 0 Å². The van der Waals surface area contributed by atoms with Crippen molar-refractivity contribution < 1.29 is 52.4 Å². The molecule has 1 aromatic heterocycles. The number of unbranched alkanes of at least 4 members (excludes halogenated alkanes) is 1. The Morgan fingerprint density at radius 3 is 2.62 bits per heavy atom. The Hall–Kier alpha value is -2.88. The van der Waals surface area contributed by atoms with Gasteiger partial charge in [0.1, 0.15) is 18.3 Å². The molecule has 17 heteroatoms. The van der Waals surface area contributed by atoms with Crippen LogP contribution in [0.2, 0.25) is 0 Å². The minimum absolute atomic E-state index is 0.0326. The number of aliphatic hydroxyl groups is 2. The van der Waals surface area contributed by atoms with E-state index in [4.69, 9.17) is 25.8 Å². The van der Waals surface area contributed by atoms with Crippen molar-refractivity contribution in [1.29, 1.82) is 0 Å². The van der Waals surface area contributed by atoms with Crippen LogP contribution in [-0.4, -0.2) is 59.4 Å². The minimum atomic E-state index is -5.35. The molecule has 0 bridgehead atoms. The quantitative estimate of drug-likeness (QED) is 0.0910. The van der Waals surface area contributed by atoms with Gasteiger partial charge in [0.25, 0.3) is 0 Å². The number of benzene rings is 1. The van der Waals surface area contributed by atoms with Gasteiger partial charge in [-0.3, -0.25) is 13.9 Å². The second-order valence-electron chi connectivity index (χ2n) is 7.98. The van der Waals surface area contributed by atoms with Crippen LogP contribution in [0.3, 0.4) is 0 Å². The topological polar surface area (TPSA) is 219 Å². The lowest BCUT2D eigenvalue weighted by Gasteiger charge is -2.18. The number of anilines is 1. The van der Waals surface area contributed by atoms with Gasteiger partial charge >= 0.3 is 21.3 Å². The van der Waals surface area contributed by atoms with Crippen LogP contribution in [0.4, 0.5) is 5.82 Å². The van der Waals surface area contributed by atoms with Gasteiger partial charge in [-0.2, -0.15) is 9.29 Å². The summed E-state index contributed by atoms with van der Waals surface area (Å²) in [5.74, 6) is 8.52. The third kappa shape index (κ3) is 9.37. The number of rotatable bonds is 11. The molecule has 15 nitrogen and oxygen atoms in total. The fourth-order valence-electron chi connectivity index (χ4n) is 3.32. The lowest BCUT2D eigenvalue weighted by atomic mass is 10.1. The molecule has 5 atom stereocenters. The number of aliphatic hydroxyl groups excluding tert-OH is 2. The summed E-state index contributed by atoms with van der Waals surface area (Å²) in [6, 6.07) is 8.63. The first-order chi connectivity index (χ1) is 18.4. The molecule has 0 amide bonds. The number of terminal acetylenes is 1. The first kappa shape index (κ1) is 30.7. The number of phosphoric ester groups is 1. The number of nitrogens with one attached hydrogen (secondary N) is 1. The van der Waals surface area contributed by atoms with Crippen molar-refractivity contribution in [2.24, 2.45) is 0 Å². The third-order valence-corrected chi connectivity index (χ3v) is 7.17. The summed E-state index contributed by atoms with van der Waals surface area (Å²) in [6.07, 6.45) is 1.25. The molecule has 0 saturated carbocycles. The van der Waals surface area contributed by atoms with Gasteiger partial charge in [0.05, 0.1) is 13.2 Å². The van der Waals surface area contributed by atoms with Gasteiger partial charge in [-0.15, -0.1) is 12.3 Å². The van der Waals surface area contributed by atoms with Gasteiger partial charge in [-0.25, -0.2) is 19.4 Å². The molecule has 1 aromatic carbocycles. The maximum absolute atomic E-state index is 12.5. The van der Waals surface area contributed by atoms with E-state index in [-0.39, 0.29) is 12.4 Å². The van der Waals surface area contributed by atoms with Crippen molar-refractivity contribution in [3.63, 3.8) is 0 Å². The molecule has 1 unspecified atom stereocenters. The fourth-order valence-corrected chi connectivity index (χ4v) is 4.92. The molecule has 2 aromatic rings. The van der Waals surface area contributed by atoms with Gasteiger partial charge in [-0.1, -0.05) is 24.0 Å². The largest absolute Gasteiger partial charge is 0.481 e. The zero-order valence-corrected chi connectivity index (χ0v) is 21.9. The highest BCUT2D eigenvalue weighted by Gasteiger charge is 2.45. The van der Waals surface area contributed by atoms with E-state index in [1.807, 2.05) is 24.3 Å². The zero-order valence-electron chi connectivity index (χ0n) is 20.1. The van der Waals surface area contributed by atoms with Crippen molar-refractivity contribution in [2.45, 2.75) is 44.0 Å². The second-order valence-corrected chi connectivity index (χ2v) is 10.8. The zero-order chi connectivity index (χ0) is 28.6. The first-order valence-corrected chi connectivity index (χ1v) is 14.2. The molecule has 2 heterocycles. The fraction of sp³-hybridized carbons (Fsp3) is 0.364. The van der Waals surface area contributed by atoms with Crippen LogP contribution in [-0.2, 0) is 34.1 Å². The molecule has 0 spiro atoms. The summed E-state index contributed by atoms with van der Waals surface area (Å²) < 4.78 is 36.6. The van der Waals surface area contributed by atoms with Crippen LogP contribution in [0, 0.1) is 24.2 Å². The highest BCUT2D eigenvalue weighted by Crippen LogP contribution is 2.57. The molecular formula is C22H25N3O12P2. The minimum Gasteiger partial charge on any atom is -0.387 e. The molecule has 39 heavy (non-hydrogen) atoms. The molecule has 0 aliphatic carbocycles. The molecule has 1 aliphatic rings. The van der Waals surface area contributed by atoms with Crippen molar-refractivity contribution in [3.8, 4) is 24.2 Å². The van der Waals surface area contributed by atoms with Gasteiger partial charge in [0.2, 0.25) is 0 Å². The number of hydrogen-bond donors (Lipinski definition) is 6. The molecule has 0 radical (unpaired) electrons. The Balaban J connectivity index is 1.57. The van der Waals surface area contributed by atoms with E-state index in [0.29, 0.717) is 12.8 Å². The number of hydrogen-bond acceptors (Lipinski definition) is 11. The standard InChI is InChI=1S/C22H25N3O12P2/c1-2-3-4-5-7-15-8-6-9-16(12-15)13-34-24-18-10-11-25(22(28)23-18)21-20(27)19(26)17(36-21)14-35-39(32,33)37-38(29,30)31/h1,6,8-12,17,19-21,26-27H,3-4,13-14H2,(H,32,33)(H,23,24,28)(H2,29,30,31)/t17-,19-,20-,21-/m1/s1. The van der Waals surface area contributed by atoms with E-state index in [1.54, 1.807) is 0 Å². The van der Waals surface area contributed by atoms with Crippen LogP contribution >= 0.6 is 15.6 Å². The SMILES string of the molecule is C#CCCC#Cc1cccc(CONc2ccn([C@@H]3O[C@H](COP(=O)(O)OP(=O)(O)O)[C@@H](O)[C@H]3O)c(=O)n2)c1. The van der Waals surface area contributed by atoms with Crippen LogP contribution in [0.1, 0.15) is 30.2 Å². The smallest absolute Gasteiger partial charge is 0.387 e. The van der Waals surface area contributed by atoms with E-state index < -0.39 is 52.5 Å². The Kier molecular flexibility index (Phi) is 10.6. The van der Waals surface area contributed by atoms with E-state index in [1.165, 1.54) is 12.3 Å². The van der Waals surface area contributed by atoms with Gasteiger partial charge in [0, 0.05) is 24.6 Å². The number of ether oxygens (including phenoxy) is 1. The number of phosphoric acid groups is 2. The monoisotopic (exact) mass is 585 g/mol. The summed E-state index contributed by atoms with van der Waals surface area (Å²) >= 11 is 0. The van der Waals surface area contributed by atoms with Crippen LogP contribution < -0.4 is 11.2 Å². The second kappa shape index (κ2) is 13.5. The van der Waals surface area contributed by atoms with E-state index in [2.05, 4.69) is 37.1 Å². The van der Waals surface area contributed by atoms with Crippen molar-refractivity contribution in [1.82, 2.24) is 9.55 Å². The van der Waals surface area contributed by atoms with Crippen LogP contribution in [0.15, 0.2) is 41.3 Å². The molecule has 1 aliphatic heterocycles. The Morgan fingerprint density at radius 1 is 1.15 bits per heavy atom. The highest BCUT2D eigenvalue weighted by atomic mass is 31.3. The predicted molar refractivity (Wildman–Crippen MR) is 133 cm³/mol. The molecule has 6 N–H and O–H groups in total. The Morgan fingerprint density at radius 2 is 1.92 bits per heavy atom. The van der Waals surface area contributed by atoms with Crippen molar-refractivity contribution in [2.75, 3.05) is 12.1 Å². The average molecular weight is 585 g/mol. The molecule has 210 valence electrons. The van der Waals surface area contributed by atoms with Crippen LogP contribution in [0.25, 0.3) is 0 Å². The summed E-state index contributed by atoms with van der Waals surface area (Å²) in [5, 5.41) is 20.5. The van der Waals surface area contributed by atoms with E-state index in [9.17, 15) is 29.0 Å². The summed E-state index contributed by atoms with van der Waals surface area (Å²) in [5.41, 5.74) is 3.20. The van der Waals surface area contributed by atoms with E-state index >= 15 is 0 Å². The number of nitrogens with zero attached hydrogens (tertiary/aromatic N) is 2.